The zero-order valence-corrected chi connectivity index (χ0v) is 16.0. The molecule has 0 unspecified atom stereocenters. The summed E-state index contributed by atoms with van der Waals surface area (Å²) < 4.78 is 46.8. The monoisotopic (exact) mass is 409 g/mol. The number of nitrogens with one attached hydrogen (secondary N) is 1. The van der Waals surface area contributed by atoms with E-state index in [4.69, 9.17) is 4.74 Å². The van der Waals surface area contributed by atoms with Gasteiger partial charge in [0.25, 0.3) is 5.69 Å². The van der Waals surface area contributed by atoms with Crippen LogP contribution in [0.25, 0.3) is 0 Å². The Morgan fingerprint density at radius 2 is 1.86 bits per heavy atom. The zero-order chi connectivity index (χ0) is 20.3. The predicted molar refractivity (Wildman–Crippen MR) is 102 cm³/mol. The SMILES string of the molecule is COc1ccc(Nc2ccc([N+](=O)[O-])cc2F)cc1S(=O)(=O)N1CCCCC1. The average molecular weight is 409 g/mol. The van der Waals surface area contributed by atoms with Crippen LogP contribution in [0.3, 0.4) is 0 Å². The number of non-ortho nitro benzene ring substituents is 1. The summed E-state index contributed by atoms with van der Waals surface area (Å²) in [6.45, 7) is 0.889. The van der Waals surface area contributed by atoms with Gasteiger partial charge in [-0.1, -0.05) is 6.42 Å². The van der Waals surface area contributed by atoms with Crippen LogP contribution in [0.5, 0.6) is 5.75 Å². The standard InChI is InChI=1S/C18H20FN3O5S/c1-27-17-8-5-13(20-16-7-6-14(22(23)24)12-15(16)19)11-18(17)28(25,26)21-9-3-2-4-10-21/h5-8,11-12,20H,2-4,9-10H2,1H3. The normalized spacial score (nSPS) is 15.2. The Hall–Kier alpha value is -2.72. The molecule has 0 amide bonds. The van der Waals surface area contributed by atoms with Crippen molar-refractivity contribution in [1.29, 1.82) is 0 Å². The number of nitrogens with zero attached hydrogens (tertiary/aromatic N) is 2. The molecule has 1 saturated heterocycles. The highest BCUT2D eigenvalue weighted by Crippen LogP contribution is 2.33. The molecule has 1 aliphatic rings. The minimum absolute atomic E-state index is 0.00270. The van der Waals surface area contributed by atoms with E-state index in [1.54, 1.807) is 6.07 Å². The number of methoxy groups -OCH3 is 1. The van der Waals surface area contributed by atoms with Crippen LogP contribution in [0.4, 0.5) is 21.5 Å². The van der Waals surface area contributed by atoms with Crippen molar-refractivity contribution < 1.29 is 22.5 Å². The van der Waals surface area contributed by atoms with Crippen molar-refractivity contribution in [2.45, 2.75) is 24.2 Å². The molecule has 1 N–H and O–H groups in total. The molecule has 1 fully saturated rings. The second-order valence-electron chi connectivity index (χ2n) is 6.38. The lowest BCUT2D eigenvalue weighted by molar-refractivity contribution is -0.385. The highest BCUT2D eigenvalue weighted by atomic mass is 32.2. The van der Waals surface area contributed by atoms with Gasteiger partial charge in [0.2, 0.25) is 10.0 Å². The lowest BCUT2D eigenvalue weighted by Crippen LogP contribution is -2.35. The van der Waals surface area contributed by atoms with Crippen molar-refractivity contribution >= 4 is 27.1 Å². The summed E-state index contributed by atoms with van der Waals surface area (Å²) in [5, 5.41) is 13.5. The molecular weight excluding hydrogens is 389 g/mol. The fourth-order valence-electron chi connectivity index (χ4n) is 3.07. The van der Waals surface area contributed by atoms with E-state index < -0.39 is 20.8 Å². The maximum absolute atomic E-state index is 14.1. The Morgan fingerprint density at radius 3 is 2.46 bits per heavy atom. The summed E-state index contributed by atoms with van der Waals surface area (Å²) in [6, 6.07) is 7.62. The Labute approximate surface area is 162 Å². The Morgan fingerprint density at radius 1 is 1.14 bits per heavy atom. The first-order valence-electron chi connectivity index (χ1n) is 8.72. The van der Waals surface area contributed by atoms with Crippen LogP contribution < -0.4 is 10.1 Å². The molecule has 0 spiro atoms. The predicted octanol–water partition coefficient (Wildman–Crippen LogP) is 3.66. The molecule has 0 atom stereocenters. The van der Waals surface area contributed by atoms with Crippen molar-refractivity contribution in [1.82, 2.24) is 4.31 Å². The van der Waals surface area contributed by atoms with Crippen LogP contribution in [0.1, 0.15) is 19.3 Å². The van der Waals surface area contributed by atoms with E-state index >= 15 is 0 Å². The van der Waals surface area contributed by atoms with Crippen LogP contribution in [0.15, 0.2) is 41.3 Å². The highest BCUT2D eigenvalue weighted by Gasteiger charge is 2.29. The summed E-state index contributed by atoms with van der Waals surface area (Å²) in [4.78, 5) is 10.0. The number of rotatable bonds is 6. The highest BCUT2D eigenvalue weighted by molar-refractivity contribution is 7.89. The number of benzene rings is 2. The summed E-state index contributed by atoms with van der Waals surface area (Å²) >= 11 is 0. The quantitative estimate of drug-likeness (QED) is 0.577. The van der Waals surface area contributed by atoms with E-state index in [1.807, 2.05) is 0 Å². The van der Waals surface area contributed by atoms with Gasteiger partial charge in [-0.2, -0.15) is 4.31 Å². The van der Waals surface area contributed by atoms with Gasteiger partial charge in [0.05, 0.1) is 23.8 Å². The molecule has 150 valence electrons. The molecule has 0 bridgehead atoms. The molecule has 10 heteroatoms. The van der Waals surface area contributed by atoms with E-state index in [9.17, 15) is 22.9 Å². The number of piperidine rings is 1. The van der Waals surface area contributed by atoms with Gasteiger partial charge in [-0.25, -0.2) is 12.8 Å². The van der Waals surface area contributed by atoms with Crippen molar-refractivity contribution in [3.8, 4) is 5.75 Å². The summed E-state index contributed by atoms with van der Waals surface area (Å²) in [5.74, 6) is -0.620. The van der Waals surface area contributed by atoms with Gasteiger partial charge >= 0.3 is 0 Å². The third kappa shape index (κ3) is 4.07. The first-order valence-corrected chi connectivity index (χ1v) is 10.2. The van der Waals surface area contributed by atoms with Crippen molar-refractivity contribution in [2.24, 2.45) is 0 Å². The smallest absolute Gasteiger partial charge is 0.272 e. The molecule has 0 saturated carbocycles. The van der Waals surface area contributed by atoms with E-state index in [0.717, 1.165) is 25.3 Å². The summed E-state index contributed by atoms with van der Waals surface area (Å²) in [7, 11) is -2.38. The van der Waals surface area contributed by atoms with E-state index in [-0.39, 0.29) is 22.0 Å². The fraction of sp³-hybridized carbons (Fsp3) is 0.333. The van der Waals surface area contributed by atoms with E-state index in [0.29, 0.717) is 18.8 Å². The van der Waals surface area contributed by atoms with Crippen molar-refractivity contribution in [3.05, 3.63) is 52.3 Å². The number of nitro groups is 1. The maximum atomic E-state index is 14.1. The van der Waals surface area contributed by atoms with Crippen LogP contribution in [-0.2, 0) is 10.0 Å². The molecule has 1 aliphatic heterocycles. The summed E-state index contributed by atoms with van der Waals surface area (Å²) in [5.41, 5.74) is -0.0487. The van der Waals surface area contributed by atoms with E-state index in [1.165, 1.54) is 35.7 Å². The number of hydrogen-bond acceptors (Lipinski definition) is 6. The lowest BCUT2D eigenvalue weighted by atomic mass is 10.2. The van der Waals surface area contributed by atoms with Crippen LogP contribution >= 0.6 is 0 Å². The number of nitro benzene ring substituents is 1. The first kappa shape index (κ1) is 20.0. The van der Waals surface area contributed by atoms with Gasteiger partial charge in [0.15, 0.2) is 5.82 Å². The molecular formula is C18H20FN3O5S. The lowest BCUT2D eigenvalue weighted by Gasteiger charge is -2.26. The van der Waals surface area contributed by atoms with Gasteiger partial charge in [-0.3, -0.25) is 10.1 Å². The van der Waals surface area contributed by atoms with Crippen molar-refractivity contribution in [2.75, 3.05) is 25.5 Å². The van der Waals surface area contributed by atoms with Gasteiger partial charge in [0.1, 0.15) is 10.6 Å². The number of anilines is 2. The minimum Gasteiger partial charge on any atom is -0.495 e. The van der Waals surface area contributed by atoms with E-state index in [2.05, 4.69) is 5.32 Å². The Bertz CT molecular complexity index is 991. The molecule has 0 radical (unpaired) electrons. The van der Waals surface area contributed by atoms with Crippen LogP contribution in [-0.4, -0.2) is 37.8 Å². The molecule has 8 nitrogen and oxygen atoms in total. The summed E-state index contributed by atoms with van der Waals surface area (Å²) in [6.07, 6.45) is 2.59. The first-order chi connectivity index (χ1) is 13.3. The number of hydrogen-bond donors (Lipinski definition) is 1. The number of halogens is 1. The number of ether oxygens (including phenoxy) is 1. The van der Waals surface area contributed by atoms with Gasteiger partial charge in [0, 0.05) is 24.8 Å². The molecule has 0 aliphatic carbocycles. The van der Waals surface area contributed by atoms with Gasteiger partial charge < -0.3 is 10.1 Å². The third-order valence-electron chi connectivity index (χ3n) is 4.54. The fourth-order valence-corrected chi connectivity index (χ4v) is 4.77. The Balaban J connectivity index is 1.94. The molecule has 2 aromatic rings. The maximum Gasteiger partial charge on any atom is 0.272 e. The second-order valence-corrected chi connectivity index (χ2v) is 8.28. The van der Waals surface area contributed by atoms with Gasteiger partial charge in [-0.05, 0) is 37.1 Å². The average Bonchev–Trinajstić information content (AvgIpc) is 2.70. The van der Waals surface area contributed by atoms with Crippen molar-refractivity contribution in [3.63, 3.8) is 0 Å². The topological polar surface area (TPSA) is 102 Å². The molecule has 28 heavy (non-hydrogen) atoms. The third-order valence-corrected chi connectivity index (χ3v) is 6.46. The molecule has 2 aromatic carbocycles. The van der Waals surface area contributed by atoms with Crippen LogP contribution in [0.2, 0.25) is 0 Å². The Kier molecular flexibility index (Phi) is 5.80. The number of sulfonamides is 1. The second kappa shape index (κ2) is 8.11. The van der Waals surface area contributed by atoms with Gasteiger partial charge in [-0.15, -0.1) is 0 Å². The minimum atomic E-state index is -3.76. The largest absolute Gasteiger partial charge is 0.495 e. The van der Waals surface area contributed by atoms with Crippen LogP contribution in [0, 0.1) is 15.9 Å². The molecule has 3 rings (SSSR count). The zero-order valence-electron chi connectivity index (χ0n) is 15.2. The molecule has 1 heterocycles. The molecule has 0 aromatic heterocycles.